The van der Waals surface area contributed by atoms with Crippen molar-refractivity contribution in [1.29, 1.82) is 0 Å². The van der Waals surface area contributed by atoms with Crippen LogP contribution in [0.5, 0.6) is 0 Å². The molecule has 6 heteroatoms. The summed E-state index contributed by atoms with van der Waals surface area (Å²) in [6, 6.07) is 0. The summed E-state index contributed by atoms with van der Waals surface area (Å²) in [5.74, 6) is -2.27. The third-order valence-corrected chi connectivity index (χ3v) is 2.80. The average Bonchev–Trinajstić information content (AvgIpc) is 2.46. The van der Waals surface area contributed by atoms with Crippen molar-refractivity contribution in [3.63, 3.8) is 0 Å². The lowest BCUT2D eigenvalue weighted by Crippen LogP contribution is -2.29. The maximum Gasteiger partial charge on any atom is 0.328 e. The van der Waals surface area contributed by atoms with Gasteiger partial charge in [0, 0.05) is 31.7 Å². The SMILES string of the molecule is C=CCC(=O)C1=CCN(CC)CC1.O=C(O)/C=C\C(=O)O. The Bertz CT molecular complexity index is 435. The summed E-state index contributed by atoms with van der Waals surface area (Å²) in [6.07, 6.45) is 6.23. The summed E-state index contributed by atoms with van der Waals surface area (Å²) < 4.78 is 0. The highest BCUT2D eigenvalue weighted by Crippen LogP contribution is 2.12. The number of allylic oxidation sites excluding steroid dienone is 1. The van der Waals surface area contributed by atoms with Gasteiger partial charge in [0.05, 0.1) is 0 Å². The van der Waals surface area contributed by atoms with E-state index in [4.69, 9.17) is 10.2 Å². The predicted octanol–water partition coefficient (Wildman–Crippen LogP) is 1.50. The lowest BCUT2D eigenvalue weighted by molar-refractivity contribution is -0.134. The standard InChI is InChI=1S/C11H17NO.C4H4O4/c1-3-5-11(13)10-6-8-12(4-2)9-7-10;5-3(6)1-2-4(7)8/h3,6H,1,4-5,7-9H2,2H3;1-2H,(H,5,6)(H,7,8)/b;2-1-. The monoisotopic (exact) mass is 295 g/mol. The molecule has 0 radical (unpaired) electrons. The predicted molar refractivity (Wildman–Crippen MR) is 79.0 cm³/mol. The highest BCUT2D eigenvalue weighted by atomic mass is 16.4. The first-order valence-electron chi connectivity index (χ1n) is 6.60. The molecule has 0 aromatic rings. The molecule has 21 heavy (non-hydrogen) atoms. The third-order valence-electron chi connectivity index (χ3n) is 2.80. The van der Waals surface area contributed by atoms with Crippen molar-refractivity contribution >= 4 is 17.7 Å². The molecule has 0 saturated carbocycles. The van der Waals surface area contributed by atoms with Gasteiger partial charge in [-0.25, -0.2) is 9.59 Å². The number of hydrogen-bond donors (Lipinski definition) is 2. The molecule has 1 heterocycles. The van der Waals surface area contributed by atoms with E-state index in [0.717, 1.165) is 31.6 Å². The molecule has 0 fully saturated rings. The van der Waals surface area contributed by atoms with Crippen LogP contribution in [0.15, 0.2) is 36.5 Å². The van der Waals surface area contributed by atoms with Gasteiger partial charge in [-0.3, -0.25) is 9.69 Å². The van der Waals surface area contributed by atoms with Crippen molar-refractivity contribution in [1.82, 2.24) is 4.90 Å². The Morgan fingerprint density at radius 3 is 2.19 bits per heavy atom. The Morgan fingerprint density at radius 1 is 1.29 bits per heavy atom. The summed E-state index contributed by atoms with van der Waals surface area (Å²) in [4.78, 5) is 32.9. The molecule has 2 N–H and O–H groups in total. The number of Topliss-reactive ketones (excluding diaryl/α,β-unsaturated/α-hetero) is 1. The van der Waals surface area contributed by atoms with E-state index in [1.807, 2.05) is 0 Å². The maximum absolute atomic E-state index is 11.4. The molecule has 0 aliphatic carbocycles. The van der Waals surface area contributed by atoms with Gasteiger partial charge in [-0.15, -0.1) is 6.58 Å². The topological polar surface area (TPSA) is 94.9 Å². The minimum atomic E-state index is -1.26. The van der Waals surface area contributed by atoms with Gasteiger partial charge in [0.2, 0.25) is 0 Å². The van der Waals surface area contributed by atoms with Gasteiger partial charge in [0.25, 0.3) is 0 Å². The van der Waals surface area contributed by atoms with Crippen LogP contribution in [0.2, 0.25) is 0 Å². The zero-order chi connectivity index (χ0) is 16.3. The number of rotatable bonds is 6. The summed E-state index contributed by atoms with van der Waals surface area (Å²) in [6.45, 7) is 8.72. The first-order valence-corrected chi connectivity index (χ1v) is 6.60. The molecular formula is C15H21NO5. The van der Waals surface area contributed by atoms with Crippen LogP contribution in [0.1, 0.15) is 19.8 Å². The zero-order valence-corrected chi connectivity index (χ0v) is 12.1. The number of carbonyl (C=O) groups excluding carboxylic acids is 1. The molecule has 0 unspecified atom stereocenters. The number of hydrogen-bond acceptors (Lipinski definition) is 4. The smallest absolute Gasteiger partial charge is 0.328 e. The Labute approximate surface area is 124 Å². The van der Waals surface area contributed by atoms with Crippen LogP contribution in [0.4, 0.5) is 0 Å². The van der Waals surface area contributed by atoms with E-state index in [2.05, 4.69) is 24.5 Å². The number of carbonyl (C=O) groups is 3. The number of aliphatic carboxylic acids is 2. The second-order valence-electron chi connectivity index (χ2n) is 4.30. The number of carboxylic acids is 2. The Balaban J connectivity index is 0.000000433. The van der Waals surface area contributed by atoms with E-state index in [1.54, 1.807) is 6.08 Å². The molecule has 0 amide bonds. The van der Waals surface area contributed by atoms with Gasteiger partial charge < -0.3 is 10.2 Å². The quantitative estimate of drug-likeness (QED) is 0.569. The van der Waals surface area contributed by atoms with Gasteiger partial charge >= 0.3 is 11.9 Å². The molecule has 0 spiro atoms. The molecule has 6 nitrogen and oxygen atoms in total. The first-order chi connectivity index (χ1) is 9.90. The van der Waals surface area contributed by atoms with Crippen molar-refractivity contribution < 1.29 is 24.6 Å². The average molecular weight is 295 g/mol. The van der Waals surface area contributed by atoms with E-state index >= 15 is 0 Å². The normalized spacial score (nSPS) is 14.8. The number of ketones is 1. The van der Waals surface area contributed by atoms with Crippen molar-refractivity contribution in [2.45, 2.75) is 19.8 Å². The molecule has 1 aliphatic heterocycles. The van der Waals surface area contributed by atoms with E-state index in [0.29, 0.717) is 18.6 Å². The van der Waals surface area contributed by atoms with Crippen molar-refractivity contribution in [2.75, 3.05) is 19.6 Å². The fourth-order valence-corrected chi connectivity index (χ4v) is 1.66. The second kappa shape index (κ2) is 10.6. The third kappa shape index (κ3) is 9.34. The summed E-state index contributed by atoms with van der Waals surface area (Å²) in [5, 5.41) is 15.6. The van der Waals surface area contributed by atoms with Crippen molar-refractivity contribution in [2.24, 2.45) is 0 Å². The van der Waals surface area contributed by atoms with E-state index in [1.165, 1.54) is 0 Å². The van der Waals surface area contributed by atoms with Crippen molar-refractivity contribution in [3.05, 3.63) is 36.5 Å². The Morgan fingerprint density at radius 2 is 1.86 bits per heavy atom. The molecule has 0 saturated heterocycles. The molecule has 0 atom stereocenters. The summed E-state index contributed by atoms with van der Waals surface area (Å²) in [5.41, 5.74) is 0.990. The molecule has 0 aromatic carbocycles. The first kappa shape index (κ1) is 18.8. The Hall–Kier alpha value is -2.21. The lowest BCUT2D eigenvalue weighted by Gasteiger charge is -2.23. The fourth-order valence-electron chi connectivity index (χ4n) is 1.66. The molecule has 0 bridgehead atoms. The fraction of sp³-hybridized carbons (Fsp3) is 0.400. The largest absolute Gasteiger partial charge is 0.478 e. The van der Waals surface area contributed by atoms with Gasteiger partial charge in [0.15, 0.2) is 5.78 Å². The van der Waals surface area contributed by atoms with E-state index in [-0.39, 0.29) is 5.78 Å². The number of likely N-dealkylation sites (N-methyl/N-ethyl adjacent to an activating group) is 1. The van der Waals surface area contributed by atoms with Crippen LogP contribution in [0.3, 0.4) is 0 Å². The molecule has 116 valence electrons. The van der Waals surface area contributed by atoms with Crippen LogP contribution < -0.4 is 0 Å². The molecule has 1 aliphatic rings. The van der Waals surface area contributed by atoms with Gasteiger partial charge in [-0.2, -0.15) is 0 Å². The highest BCUT2D eigenvalue weighted by molar-refractivity contribution is 5.96. The van der Waals surface area contributed by atoms with E-state index < -0.39 is 11.9 Å². The van der Waals surface area contributed by atoms with Crippen LogP contribution >= 0.6 is 0 Å². The van der Waals surface area contributed by atoms with Crippen LogP contribution in [0, 0.1) is 0 Å². The number of nitrogens with zero attached hydrogens (tertiary/aromatic N) is 1. The minimum Gasteiger partial charge on any atom is -0.478 e. The lowest BCUT2D eigenvalue weighted by atomic mass is 10.0. The van der Waals surface area contributed by atoms with Crippen LogP contribution in [0.25, 0.3) is 0 Å². The minimum absolute atomic E-state index is 0.241. The molecule has 1 rings (SSSR count). The van der Waals surface area contributed by atoms with Crippen LogP contribution in [-0.2, 0) is 14.4 Å². The van der Waals surface area contributed by atoms with E-state index in [9.17, 15) is 14.4 Å². The molecular weight excluding hydrogens is 274 g/mol. The maximum atomic E-state index is 11.4. The van der Waals surface area contributed by atoms with Gasteiger partial charge in [0.1, 0.15) is 0 Å². The number of carboxylic acid groups (broad SMARTS) is 2. The highest BCUT2D eigenvalue weighted by Gasteiger charge is 2.14. The zero-order valence-electron chi connectivity index (χ0n) is 12.1. The summed E-state index contributed by atoms with van der Waals surface area (Å²) >= 11 is 0. The van der Waals surface area contributed by atoms with Gasteiger partial charge in [-0.05, 0) is 18.5 Å². The van der Waals surface area contributed by atoms with Crippen molar-refractivity contribution in [3.8, 4) is 0 Å². The second-order valence-corrected chi connectivity index (χ2v) is 4.30. The molecule has 0 aromatic heterocycles. The Kier molecular flexibility index (Phi) is 9.45. The van der Waals surface area contributed by atoms with Crippen LogP contribution in [-0.4, -0.2) is 52.5 Å². The van der Waals surface area contributed by atoms with Gasteiger partial charge in [-0.1, -0.05) is 19.1 Å². The summed E-state index contributed by atoms with van der Waals surface area (Å²) in [7, 11) is 0.